The first-order valence-corrected chi connectivity index (χ1v) is 7.37. The number of nitrogens with one attached hydrogen (secondary N) is 1. The molecule has 3 rings (SSSR count). The lowest BCUT2D eigenvalue weighted by molar-refractivity contribution is 0.427. The molecular weight excluding hydrogens is 246 g/mol. The fourth-order valence-corrected chi connectivity index (χ4v) is 3.00. The van der Waals surface area contributed by atoms with Crippen molar-refractivity contribution in [2.75, 3.05) is 6.54 Å². The Bertz CT molecular complexity index is 577. The van der Waals surface area contributed by atoms with Gasteiger partial charge in [0.15, 0.2) is 0 Å². The summed E-state index contributed by atoms with van der Waals surface area (Å²) in [4.78, 5) is 8.91. The van der Waals surface area contributed by atoms with Crippen LogP contribution in [-0.4, -0.2) is 16.5 Å². The molecule has 3 heteroatoms. The maximum Gasteiger partial charge on any atom is 0.0756 e. The molecule has 0 spiro atoms. The Morgan fingerprint density at radius 3 is 2.80 bits per heavy atom. The van der Waals surface area contributed by atoms with E-state index in [-0.39, 0.29) is 0 Å². The van der Waals surface area contributed by atoms with E-state index in [0.29, 0.717) is 12.0 Å². The summed E-state index contributed by atoms with van der Waals surface area (Å²) in [6, 6.07) is 9.06. The van der Waals surface area contributed by atoms with Crippen LogP contribution in [0, 0.1) is 6.92 Å². The summed E-state index contributed by atoms with van der Waals surface area (Å²) in [6.45, 7) is 5.07. The molecule has 1 N–H and O–H groups in total. The number of fused-ring (bicyclic) bond motifs is 1. The highest BCUT2D eigenvalue weighted by Crippen LogP contribution is 2.40. The van der Waals surface area contributed by atoms with E-state index < -0.39 is 0 Å². The van der Waals surface area contributed by atoms with Crippen LogP contribution in [0.1, 0.15) is 47.8 Å². The first kappa shape index (κ1) is 13.3. The number of hydrogen-bond acceptors (Lipinski definition) is 3. The van der Waals surface area contributed by atoms with Gasteiger partial charge in [0, 0.05) is 6.20 Å². The summed E-state index contributed by atoms with van der Waals surface area (Å²) in [6.07, 6.45) is 6.06. The molecular formula is C17H21N3. The molecule has 1 aromatic carbocycles. The van der Waals surface area contributed by atoms with Gasteiger partial charge >= 0.3 is 0 Å². The van der Waals surface area contributed by atoms with Crippen molar-refractivity contribution in [3.05, 3.63) is 59.2 Å². The predicted molar refractivity (Wildman–Crippen MR) is 80.7 cm³/mol. The zero-order valence-electron chi connectivity index (χ0n) is 12.1. The smallest absolute Gasteiger partial charge is 0.0756 e. The average Bonchev–Trinajstić information content (AvgIpc) is 2.44. The highest BCUT2D eigenvalue weighted by molar-refractivity contribution is 5.40. The van der Waals surface area contributed by atoms with E-state index >= 15 is 0 Å². The van der Waals surface area contributed by atoms with Crippen molar-refractivity contribution in [2.45, 2.75) is 38.6 Å². The zero-order valence-corrected chi connectivity index (χ0v) is 12.1. The molecule has 0 radical (unpaired) electrons. The lowest BCUT2D eigenvalue weighted by Gasteiger charge is -2.33. The normalized spacial score (nSPS) is 18.2. The van der Waals surface area contributed by atoms with Crippen molar-refractivity contribution < 1.29 is 0 Å². The van der Waals surface area contributed by atoms with Gasteiger partial charge in [-0.25, -0.2) is 0 Å². The fourth-order valence-electron chi connectivity index (χ4n) is 3.00. The molecule has 2 aromatic rings. The highest BCUT2D eigenvalue weighted by Gasteiger charge is 2.28. The second kappa shape index (κ2) is 5.71. The fraction of sp³-hybridized carbons (Fsp3) is 0.412. The average molecular weight is 267 g/mol. The molecule has 0 fully saturated rings. The summed E-state index contributed by atoms with van der Waals surface area (Å²) >= 11 is 0. The third kappa shape index (κ3) is 2.59. The summed E-state index contributed by atoms with van der Waals surface area (Å²) < 4.78 is 0. The van der Waals surface area contributed by atoms with Crippen LogP contribution in [0.3, 0.4) is 0 Å². The van der Waals surface area contributed by atoms with Crippen molar-refractivity contribution >= 4 is 0 Å². The van der Waals surface area contributed by atoms with Crippen molar-refractivity contribution in [1.82, 2.24) is 15.3 Å². The summed E-state index contributed by atoms with van der Waals surface area (Å²) in [7, 11) is 0. The molecule has 2 unspecified atom stereocenters. The molecule has 1 aliphatic rings. The van der Waals surface area contributed by atoms with Crippen LogP contribution >= 0.6 is 0 Å². The monoisotopic (exact) mass is 267 g/mol. The standard InChI is InChI=1S/C17H21N3/c1-3-18-16(17-11-19-12(2)10-20-17)9-14-8-13-6-4-5-7-15(13)14/h4-7,10-11,14,16,18H,3,8-9H2,1-2H3. The first-order valence-electron chi connectivity index (χ1n) is 7.37. The van der Waals surface area contributed by atoms with E-state index in [2.05, 4.69) is 46.5 Å². The van der Waals surface area contributed by atoms with Gasteiger partial charge in [-0.05, 0) is 43.4 Å². The molecule has 0 bridgehead atoms. The number of benzene rings is 1. The molecule has 2 atom stereocenters. The van der Waals surface area contributed by atoms with Crippen LogP contribution in [0.2, 0.25) is 0 Å². The van der Waals surface area contributed by atoms with Gasteiger partial charge in [-0.3, -0.25) is 9.97 Å². The van der Waals surface area contributed by atoms with E-state index in [1.165, 1.54) is 17.5 Å². The minimum atomic E-state index is 0.298. The van der Waals surface area contributed by atoms with Gasteiger partial charge < -0.3 is 5.32 Å². The first-order chi connectivity index (χ1) is 9.78. The Balaban J connectivity index is 1.74. The molecule has 0 saturated carbocycles. The number of rotatable bonds is 5. The predicted octanol–water partition coefficient (Wildman–Crippen LogP) is 3.17. The zero-order chi connectivity index (χ0) is 13.9. The SMILES string of the molecule is CCNC(CC1Cc2ccccc21)c1cnc(C)cn1. The van der Waals surface area contributed by atoms with E-state index in [1.54, 1.807) is 0 Å². The van der Waals surface area contributed by atoms with Gasteiger partial charge in [0.25, 0.3) is 0 Å². The number of aromatic nitrogens is 2. The second-order valence-electron chi connectivity index (χ2n) is 5.53. The number of aryl methyl sites for hydroxylation is 1. The summed E-state index contributed by atoms with van der Waals surface area (Å²) in [5.41, 5.74) is 5.04. The Labute approximate surface area is 120 Å². The minimum absolute atomic E-state index is 0.298. The van der Waals surface area contributed by atoms with Crippen LogP contribution in [0.4, 0.5) is 0 Å². The van der Waals surface area contributed by atoms with Crippen LogP contribution < -0.4 is 5.32 Å². The van der Waals surface area contributed by atoms with Crippen molar-refractivity contribution in [3.8, 4) is 0 Å². The Hall–Kier alpha value is -1.74. The van der Waals surface area contributed by atoms with E-state index in [4.69, 9.17) is 0 Å². The van der Waals surface area contributed by atoms with Gasteiger partial charge in [0.05, 0.1) is 23.6 Å². The molecule has 3 nitrogen and oxygen atoms in total. The largest absolute Gasteiger partial charge is 0.309 e. The van der Waals surface area contributed by atoms with Crippen molar-refractivity contribution in [2.24, 2.45) is 0 Å². The third-order valence-electron chi connectivity index (χ3n) is 4.09. The molecule has 1 heterocycles. The number of nitrogens with zero attached hydrogens (tertiary/aromatic N) is 2. The Morgan fingerprint density at radius 2 is 2.10 bits per heavy atom. The van der Waals surface area contributed by atoms with Crippen LogP contribution in [0.15, 0.2) is 36.7 Å². The summed E-state index contributed by atoms with van der Waals surface area (Å²) in [5.74, 6) is 0.651. The summed E-state index contributed by atoms with van der Waals surface area (Å²) in [5, 5.41) is 3.55. The molecule has 1 aromatic heterocycles. The lowest BCUT2D eigenvalue weighted by Crippen LogP contribution is -2.27. The molecule has 0 amide bonds. The van der Waals surface area contributed by atoms with Crippen LogP contribution in [0.25, 0.3) is 0 Å². The topological polar surface area (TPSA) is 37.8 Å². The van der Waals surface area contributed by atoms with Gasteiger partial charge in [-0.1, -0.05) is 31.2 Å². The third-order valence-corrected chi connectivity index (χ3v) is 4.09. The van der Waals surface area contributed by atoms with E-state index in [9.17, 15) is 0 Å². The molecule has 0 aliphatic heterocycles. The van der Waals surface area contributed by atoms with Gasteiger partial charge in [0.2, 0.25) is 0 Å². The Morgan fingerprint density at radius 1 is 1.25 bits per heavy atom. The van der Waals surface area contributed by atoms with Crippen LogP contribution in [-0.2, 0) is 6.42 Å². The van der Waals surface area contributed by atoms with Gasteiger partial charge in [-0.15, -0.1) is 0 Å². The van der Waals surface area contributed by atoms with Crippen LogP contribution in [0.5, 0.6) is 0 Å². The Kier molecular flexibility index (Phi) is 3.79. The second-order valence-corrected chi connectivity index (χ2v) is 5.53. The van der Waals surface area contributed by atoms with Crippen molar-refractivity contribution in [1.29, 1.82) is 0 Å². The quantitative estimate of drug-likeness (QED) is 0.904. The minimum Gasteiger partial charge on any atom is -0.309 e. The maximum absolute atomic E-state index is 4.54. The number of hydrogen-bond donors (Lipinski definition) is 1. The van der Waals surface area contributed by atoms with Gasteiger partial charge in [0.1, 0.15) is 0 Å². The van der Waals surface area contributed by atoms with Crippen molar-refractivity contribution in [3.63, 3.8) is 0 Å². The molecule has 104 valence electrons. The molecule has 1 aliphatic carbocycles. The molecule has 0 saturated heterocycles. The van der Waals surface area contributed by atoms with E-state index in [0.717, 1.165) is 24.4 Å². The maximum atomic E-state index is 4.54. The molecule has 20 heavy (non-hydrogen) atoms. The lowest BCUT2D eigenvalue weighted by atomic mass is 9.74. The van der Waals surface area contributed by atoms with Gasteiger partial charge in [-0.2, -0.15) is 0 Å². The van der Waals surface area contributed by atoms with E-state index in [1.807, 2.05) is 19.3 Å². The highest BCUT2D eigenvalue weighted by atomic mass is 14.9.